The number of hydrogen-bond acceptors (Lipinski definition) is 10. The number of likely N-dealkylation sites (N-methyl/N-ethyl adjacent to an activating group) is 1. The predicted octanol–water partition coefficient (Wildman–Crippen LogP) is 6.35. The van der Waals surface area contributed by atoms with Crippen molar-refractivity contribution < 1.29 is 9.84 Å². The number of benzene rings is 2. The Morgan fingerprint density at radius 2 is 1.68 bits per heavy atom. The van der Waals surface area contributed by atoms with Crippen molar-refractivity contribution in [3.8, 4) is 34.1 Å². The molecule has 10 heteroatoms. The van der Waals surface area contributed by atoms with Gasteiger partial charge in [-0.25, -0.2) is 15.0 Å². The summed E-state index contributed by atoms with van der Waals surface area (Å²) < 4.78 is 6.19. The van der Waals surface area contributed by atoms with Gasteiger partial charge in [-0.1, -0.05) is 37.3 Å². The van der Waals surface area contributed by atoms with Crippen molar-refractivity contribution in [1.29, 1.82) is 0 Å². The Balaban J connectivity index is 1.19. The van der Waals surface area contributed by atoms with Crippen LogP contribution >= 0.6 is 0 Å². The molecule has 0 bridgehead atoms. The Kier molecular flexibility index (Phi) is 10.8. The second-order valence-electron chi connectivity index (χ2n) is 10.3. The molecule has 10 nitrogen and oxygen atoms in total. The van der Waals surface area contributed by atoms with Gasteiger partial charge >= 0.3 is 0 Å². The number of aliphatic hydroxyl groups excluding tert-OH is 1. The average molecular weight is 591 g/mol. The fourth-order valence-corrected chi connectivity index (χ4v) is 4.70. The molecule has 0 radical (unpaired) electrons. The molecule has 2 aromatic carbocycles. The number of nitrogens with zero attached hydrogens (tertiary/aromatic N) is 6. The Morgan fingerprint density at radius 3 is 2.45 bits per heavy atom. The fourth-order valence-electron chi connectivity index (χ4n) is 4.70. The molecule has 5 aromatic rings. The highest BCUT2D eigenvalue weighted by atomic mass is 16.5. The minimum Gasteiger partial charge on any atom is -0.438 e. The van der Waals surface area contributed by atoms with Crippen LogP contribution in [0.3, 0.4) is 0 Å². The van der Waals surface area contributed by atoms with Crippen LogP contribution in [0.1, 0.15) is 25.3 Å². The van der Waals surface area contributed by atoms with Crippen molar-refractivity contribution in [3.05, 3.63) is 96.8 Å². The molecular formula is C34H38N8O2. The molecular weight excluding hydrogens is 552 g/mol. The summed E-state index contributed by atoms with van der Waals surface area (Å²) in [5, 5.41) is 24.6. The largest absolute Gasteiger partial charge is 0.438 e. The second-order valence-corrected chi connectivity index (χ2v) is 10.3. The van der Waals surface area contributed by atoms with Gasteiger partial charge in [0, 0.05) is 36.7 Å². The lowest BCUT2D eigenvalue weighted by Gasteiger charge is -2.18. The first kappa shape index (κ1) is 30.5. The summed E-state index contributed by atoms with van der Waals surface area (Å²) in [6.07, 6.45) is 5.45. The highest BCUT2D eigenvalue weighted by Crippen LogP contribution is 2.31. The molecule has 0 aliphatic rings. The number of nitrogens with one attached hydrogen (secondary N) is 2. The van der Waals surface area contributed by atoms with Crippen LogP contribution in [-0.4, -0.2) is 67.9 Å². The summed E-state index contributed by atoms with van der Waals surface area (Å²) in [5.41, 5.74) is 5.22. The minimum atomic E-state index is 0.190. The number of pyridine rings is 1. The van der Waals surface area contributed by atoms with E-state index in [0.717, 1.165) is 66.2 Å². The molecule has 0 saturated carbocycles. The number of hydrogen-bond donors (Lipinski definition) is 3. The normalized spacial score (nSPS) is 11.0. The van der Waals surface area contributed by atoms with Gasteiger partial charge in [0.25, 0.3) is 0 Å². The van der Waals surface area contributed by atoms with Crippen molar-refractivity contribution in [2.45, 2.75) is 26.7 Å². The zero-order valence-corrected chi connectivity index (χ0v) is 25.1. The Labute approximate surface area is 258 Å². The molecule has 0 aliphatic carbocycles. The van der Waals surface area contributed by atoms with E-state index in [9.17, 15) is 0 Å². The van der Waals surface area contributed by atoms with Gasteiger partial charge in [0.1, 0.15) is 5.75 Å². The number of aromatic nitrogens is 5. The van der Waals surface area contributed by atoms with Crippen molar-refractivity contribution in [3.63, 3.8) is 0 Å². The quantitative estimate of drug-likeness (QED) is 0.119. The summed E-state index contributed by atoms with van der Waals surface area (Å²) >= 11 is 0. The third-order valence-corrected chi connectivity index (χ3v) is 7.14. The smallest absolute Gasteiger partial charge is 0.228 e. The molecule has 3 aromatic heterocycles. The first-order chi connectivity index (χ1) is 21.6. The highest BCUT2D eigenvalue weighted by molar-refractivity contribution is 5.67. The maximum absolute atomic E-state index is 9.16. The van der Waals surface area contributed by atoms with Gasteiger partial charge in [-0.3, -0.25) is 0 Å². The van der Waals surface area contributed by atoms with E-state index in [4.69, 9.17) is 14.8 Å². The Bertz CT molecular complexity index is 1620. The maximum Gasteiger partial charge on any atom is 0.228 e. The molecule has 5 rings (SSSR count). The van der Waals surface area contributed by atoms with Gasteiger partial charge in [-0.05, 0) is 86.9 Å². The maximum atomic E-state index is 9.16. The summed E-state index contributed by atoms with van der Waals surface area (Å²) in [6.45, 7) is 7.69. The molecule has 226 valence electrons. The Morgan fingerprint density at radius 1 is 0.841 bits per heavy atom. The monoisotopic (exact) mass is 590 g/mol. The number of anilines is 3. The van der Waals surface area contributed by atoms with Gasteiger partial charge in [0.05, 0.1) is 23.6 Å². The molecule has 0 fully saturated rings. The van der Waals surface area contributed by atoms with Crippen LogP contribution in [0.4, 0.5) is 17.5 Å². The van der Waals surface area contributed by atoms with Crippen LogP contribution in [0.2, 0.25) is 0 Å². The van der Waals surface area contributed by atoms with Gasteiger partial charge in [-0.15, -0.1) is 10.2 Å². The van der Waals surface area contributed by atoms with Crippen LogP contribution in [0.15, 0.2) is 91.3 Å². The Hall–Kier alpha value is -4.93. The number of ether oxygens (including phenoxy) is 1. The molecule has 0 unspecified atom stereocenters. The summed E-state index contributed by atoms with van der Waals surface area (Å²) in [6, 6.07) is 25.3. The number of aryl methyl sites for hydroxylation is 1. The molecule has 0 spiro atoms. The molecule has 0 aliphatic heterocycles. The first-order valence-electron chi connectivity index (χ1n) is 14.9. The van der Waals surface area contributed by atoms with E-state index in [0.29, 0.717) is 29.9 Å². The van der Waals surface area contributed by atoms with Gasteiger partial charge in [-0.2, -0.15) is 0 Å². The topological polar surface area (TPSA) is 121 Å². The highest BCUT2D eigenvalue weighted by Gasteiger charge is 2.12. The van der Waals surface area contributed by atoms with Crippen LogP contribution in [0.5, 0.6) is 11.6 Å². The van der Waals surface area contributed by atoms with Gasteiger partial charge in [0.2, 0.25) is 11.8 Å². The van der Waals surface area contributed by atoms with Gasteiger partial charge < -0.3 is 25.4 Å². The van der Waals surface area contributed by atoms with Crippen LogP contribution in [0.25, 0.3) is 22.5 Å². The number of unbranched alkanes of at least 4 members (excludes halogenated alkanes) is 1. The van der Waals surface area contributed by atoms with Crippen molar-refractivity contribution in [2.24, 2.45) is 0 Å². The van der Waals surface area contributed by atoms with Crippen molar-refractivity contribution >= 4 is 17.5 Å². The summed E-state index contributed by atoms with van der Waals surface area (Å²) in [7, 11) is 0. The van der Waals surface area contributed by atoms with E-state index in [2.05, 4.69) is 42.6 Å². The predicted molar refractivity (Wildman–Crippen MR) is 174 cm³/mol. The van der Waals surface area contributed by atoms with E-state index >= 15 is 0 Å². The zero-order chi connectivity index (χ0) is 30.6. The molecule has 0 amide bonds. The van der Waals surface area contributed by atoms with E-state index in [1.165, 1.54) is 0 Å². The average Bonchev–Trinajstić information content (AvgIpc) is 3.06. The minimum absolute atomic E-state index is 0.190. The van der Waals surface area contributed by atoms with E-state index in [1.54, 1.807) is 12.4 Å². The zero-order valence-electron chi connectivity index (χ0n) is 25.1. The van der Waals surface area contributed by atoms with Crippen LogP contribution < -0.4 is 15.4 Å². The first-order valence-corrected chi connectivity index (χ1v) is 14.9. The summed E-state index contributed by atoms with van der Waals surface area (Å²) in [4.78, 5) is 15.8. The van der Waals surface area contributed by atoms with Gasteiger partial charge in [0.15, 0.2) is 5.82 Å². The number of rotatable bonds is 15. The SMILES string of the molecule is CCN(CCO)CCCCNc1nccc(-c2cccnc2Oc2ccc(Nc3nnc(-c4ccccc4)cc3C)cc2)n1. The molecule has 3 heterocycles. The lowest BCUT2D eigenvalue weighted by molar-refractivity contribution is 0.200. The van der Waals surface area contributed by atoms with E-state index in [-0.39, 0.29) is 6.61 Å². The van der Waals surface area contributed by atoms with E-state index < -0.39 is 0 Å². The van der Waals surface area contributed by atoms with E-state index in [1.807, 2.05) is 85.8 Å². The third-order valence-electron chi connectivity index (χ3n) is 7.14. The number of aliphatic hydroxyl groups is 1. The second kappa shape index (κ2) is 15.5. The van der Waals surface area contributed by atoms with Crippen molar-refractivity contribution in [2.75, 3.05) is 43.4 Å². The molecule has 44 heavy (non-hydrogen) atoms. The van der Waals surface area contributed by atoms with Crippen LogP contribution in [0, 0.1) is 6.92 Å². The summed E-state index contributed by atoms with van der Waals surface area (Å²) in [5.74, 6) is 2.36. The van der Waals surface area contributed by atoms with Crippen LogP contribution in [-0.2, 0) is 0 Å². The lowest BCUT2D eigenvalue weighted by Crippen LogP contribution is -2.28. The van der Waals surface area contributed by atoms with Crippen molar-refractivity contribution in [1.82, 2.24) is 30.0 Å². The standard InChI is InChI=1S/C34H38N8O2/c1-3-42(22-23-43)21-8-7-18-36-34-37-20-17-30(39-34)29-12-9-19-35-33(29)44-28-15-13-27(14-16-28)38-32-25(2)24-31(40-41-32)26-10-5-4-6-11-26/h4-6,9-17,19-20,24,43H,3,7-8,18,21-23H2,1-2H3,(H,38,41)(H,36,37,39). The molecule has 3 N–H and O–H groups in total. The molecule has 0 saturated heterocycles. The fraction of sp³-hybridized carbons (Fsp3) is 0.265. The molecule has 0 atom stereocenters. The lowest BCUT2D eigenvalue weighted by atomic mass is 10.1. The third kappa shape index (κ3) is 8.33.